The van der Waals surface area contributed by atoms with Crippen molar-refractivity contribution in [2.45, 2.75) is 115 Å². The fourth-order valence-corrected chi connectivity index (χ4v) is 14.6. The molecule has 1 radical (unpaired) electrons. The summed E-state index contributed by atoms with van der Waals surface area (Å²) >= 11 is -0.0223. The molecule has 0 aliphatic heterocycles. The zero-order chi connectivity index (χ0) is 45.4. The third-order valence-corrected chi connectivity index (χ3v) is 18.9. The van der Waals surface area contributed by atoms with Gasteiger partial charge in [-0.2, -0.15) is 11.3 Å². The van der Waals surface area contributed by atoms with Crippen molar-refractivity contribution in [3.05, 3.63) is 168 Å². The second kappa shape index (κ2) is 20.3. The second-order valence-corrected chi connectivity index (χ2v) is 31.7. The van der Waals surface area contributed by atoms with Crippen LogP contribution in [0.5, 0.6) is 0 Å². The van der Waals surface area contributed by atoms with Crippen LogP contribution >= 0.6 is 11.3 Å². The van der Waals surface area contributed by atoms with E-state index in [1.54, 1.807) is 9.96 Å². The van der Waals surface area contributed by atoms with E-state index in [0.717, 1.165) is 39.6 Å². The molecule has 6 aromatic carbocycles. The maximum Gasteiger partial charge on any atom is 0 e. The molecule has 0 atom stereocenters. The van der Waals surface area contributed by atoms with Gasteiger partial charge in [-0.3, -0.25) is 4.98 Å². The molecule has 10 rings (SSSR count). The SMILES string of the molecule is CC(C)c1cc(-c2ccccc2)cc(C(C)C)c1-n1c(-c2[c-]cc(C(C)C)c3c2sc2ccccc23)nc2ccccc21.[CH3][Ge]([CH3])([CH3])[c]1cnc(-c2[c-]cccc2)cc1C1CCCCC1.[Ir]. The summed E-state index contributed by atoms with van der Waals surface area (Å²) < 4.78 is 6.62. The van der Waals surface area contributed by atoms with Gasteiger partial charge in [0.15, 0.2) is 0 Å². The Morgan fingerprint density at radius 1 is 0.682 bits per heavy atom. The zero-order valence-corrected chi connectivity index (χ0v) is 45.4. The summed E-state index contributed by atoms with van der Waals surface area (Å²) in [6, 6.07) is 52.8. The van der Waals surface area contributed by atoms with Crippen LogP contribution in [0.2, 0.25) is 17.3 Å². The van der Waals surface area contributed by atoms with Crippen LogP contribution in [-0.2, 0) is 20.1 Å². The van der Waals surface area contributed by atoms with E-state index in [2.05, 4.69) is 197 Å². The van der Waals surface area contributed by atoms with Gasteiger partial charge in [-0.15, -0.1) is 17.7 Å². The van der Waals surface area contributed by atoms with E-state index in [9.17, 15) is 0 Å². The maximum atomic E-state index is 5.37. The molecular weight excluding hydrogens is 1060 g/mol. The van der Waals surface area contributed by atoms with Crippen molar-refractivity contribution in [2.75, 3.05) is 0 Å². The molecule has 0 unspecified atom stereocenters. The number of pyridine rings is 1. The standard InChI is InChI=1S/C40H37N2S.C20H26GeN.Ir/c1-24(2)29-20-21-31(39-37(29)30-16-10-13-19-36(30)43-39)40-41-34-17-11-12-18-35(34)42(40)38-32(25(3)4)22-28(23-33(38)26(5)6)27-14-8-7-9-15-27;1-21(2,3)19-15-22-20(17-12-8-5-9-13-17)14-18(19)16-10-6-4-7-11-16;/h7-20,22-26H,1-6H3;5,8-9,12,14-16H,4,6-7,10-11H2,1-3H3;/q2*-1;. The van der Waals surface area contributed by atoms with Crippen LogP contribution in [0.3, 0.4) is 0 Å². The molecule has 0 amide bonds. The average molecular weight is 1120 g/mol. The van der Waals surface area contributed by atoms with E-state index in [1.165, 1.54) is 85.8 Å². The number of hydrogen-bond acceptors (Lipinski definition) is 3. The third-order valence-electron chi connectivity index (χ3n) is 13.4. The molecule has 3 nitrogen and oxygen atoms in total. The van der Waals surface area contributed by atoms with Crippen LogP contribution in [0.4, 0.5) is 0 Å². The molecule has 0 N–H and O–H groups in total. The van der Waals surface area contributed by atoms with E-state index >= 15 is 0 Å². The Labute approximate surface area is 413 Å². The normalized spacial score (nSPS) is 13.5. The number of imidazole rings is 1. The monoisotopic (exact) mass is 1120 g/mol. The molecule has 6 heteroatoms. The summed E-state index contributed by atoms with van der Waals surface area (Å²) in [5, 5.41) is 2.66. The van der Waals surface area contributed by atoms with E-state index in [1.807, 2.05) is 23.5 Å². The van der Waals surface area contributed by atoms with Gasteiger partial charge in [-0.25, -0.2) is 0 Å². The van der Waals surface area contributed by atoms with Crippen molar-refractivity contribution in [3.8, 4) is 39.5 Å². The Morgan fingerprint density at radius 3 is 2.00 bits per heavy atom. The average Bonchev–Trinajstić information content (AvgIpc) is 3.91. The van der Waals surface area contributed by atoms with Crippen LogP contribution in [-0.4, -0.2) is 27.8 Å². The number of aromatic nitrogens is 3. The maximum absolute atomic E-state index is 5.37. The molecule has 1 aliphatic rings. The van der Waals surface area contributed by atoms with Crippen molar-refractivity contribution in [1.29, 1.82) is 0 Å². The van der Waals surface area contributed by atoms with Crippen molar-refractivity contribution in [3.63, 3.8) is 0 Å². The summed E-state index contributed by atoms with van der Waals surface area (Å²) in [7, 11) is 0. The van der Waals surface area contributed by atoms with Gasteiger partial charge in [0.05, 0.1) is 16.9 Å². The first-order chi connectivity index (χ1) is 31.4. The molecule has 66 heavy (non-hydrogen) atoms. The van der Waals surface area contributed by atoms with Crippen LogP contribution in [0.1, 0.15) is 120 Å². The first-order valence-electron chi connectivity index (χ1n) is 23.9. The Hall–Kier alpha value is -4.65. The largest absolute Gasteiger partial charge is 0 e. The van der Waals surface area contributed by atoms with Crippen molar-refractivity contribution in [1.82, 2.24) is 14.5 Å². The van der Waals surface area contributed by atoms with Crippen molar-refractivity contribution < 1.29 is 20.1 Å². The van der Waals surface area contributed by atoms with Gasteiger partial charge >= 0.3 is 137 Å². The van der Waals surface area contributed by atoms with E-state index in [4.69, 9.17) is 9.97 Å². The molecule has 1 aliphatic carbocycles. The number of thiophene rings is 1. The number of rotatable bonds is 9. The van der Waals surface area contributed by atoms with Crippen molar-refractivity contribution >= 4 is 60.2 Å². The number of benzene rings is 6. The van der Waals surface area contributed by atoms with Gasteiger partial charge in [-0.05, 0) is 74.5 Å². The Bertz CT molecular complexity index is 3070. The van der Waals surface area contributed by atoms with E-state index < -0.39 is 13.3 Å². The molecule has 339 valence electrons. The van der Waals surface area contributed by atoms with Crippen LogP contribution in [0.25, 0.3) is 70.7 Å². The third kappa shape index (κ3) is 9.57. The summed E-state index contributed by atoms with van der Waals surface area (Å²) in [4.78, 5) is 10.2. The molecular formula is C60H63GeIrN3S-2. The number of nitrogens with zero attached hydrogens (tertiary/aromatic N) is 3. The molecule has 3 heterocycles. The predicted molar refractivity (Wildman–Crippen MR) is 283 cm³/mol. The summed E-state index contributed by atoms with van der Waals surface area (Å²) in [6.45, 7) is 13.8. The Balaban J connectivity index is 0.000000217. The van der Waals surface area contributed by atoms with Crippen LogP contribution in [0, 0.1) is 12.1 Å². The second-order valence-electron chi connectivity index (χ2n) is 20.0. The first-order valence-corrected chi connectivity index (χ1v) is 32.1. The molecule has 0 saturated heterocycles. The van der Waals surface area contributed by atoms with Gasteiger partial charge in [0.25, 0.3) is 0 Å². The number of para-hydroxylation sites is 2. The fraction of sp³-hybridized carbons (Fsp3) is 0.300. The quantitative estimate of drug-likeness (QED) is 0.107. The fourth-order valence-electron chi connectivity index (χ4n) is 10.0. The summed E-state index contributed by atoms with van der Waals surface area (Å²) in [5.74, 6) is 10.2. The Kier molecular flexibility index (Phi) is 14.7. The van der Waals surface area contributed by atoms with Gasteiger partial charge in [0.2, 0.25) is 0 Å². The minimum atomic E-state index is -1.89. The van der Waals surface area contributed by atoms with Crippen LogP contribution < -0.4 is 4.40 Å². The zero-order valence-electron chi connectivity index (χ0n) is 40.1. The van der Waals surface area contributed by atoms with E-state index in [-0.39, 0.29) is 20.1 Å². The van der Waals surface area contributed by atoms with Gasteiger partial charge in [0, 0.05) is 30.5 Å². The smallest absolute Gasteiger partial charge is 0 e. The molecule has 1 saturated carbocycles. The van der Waals surface area contributed by atoms with Crippen molar-refractivity contribution in [2.24, 2.45) is 0 Å². The minimum Gasteiger partial charge on any atom is 0 e. The van der Waals surface area contributed by atoms with Gasteiger partial charge < -0.3 is 4.57 Å². The van der Waals surface area contributed by atoms with E-state index in [0.29, 0.717) is 17.8 Å². The first kappa shape index (κ1) is 47.8. The topological polar surface area (TPSA) is 30.7 Å². The molecule has 0 bridgehead atoms. The van der Waals surface area contributed by atoms with Gasteiger partial charge in [-0.1, -0.05) is 119 Å². The number of hydrogen-bond donors (Lipinski definition) is 0. The Morgan fingerprint density at radius 2 is 1.33 bits per heavy atom. The molecule has 0 spiro atoms. The predicted octanol–water partition coefficient (Wildman–Crippen LogP) is 17.0. The summed E-state index contributed by atoms with van der Waals surface area (Å²) in [6.07, 6.45) is 9.08. The van der Waals surface area contributed by atoms with Gasteiger partial charge in [0.1, 0.15) is 0 Å². The van der Waals surface area contributed by atoms with Crippen LogP contribution in [0.15, 0.2) is 134 Å². The molecule has 9 aromatic rings. The number of fused-ring (bicyclic) bond motifs is 4. The molecule has 1 fully saturated rings. The minimum absolute atomic E-state index is 0. The molecule has 3 aromatic heterocycles. The summed E-state index contributed by atoms with van der Waals surface area (Å²) in [5.41, 5.74) is 14.8.